The summed E-state index contributed by atoms with van der Waals surface area (Å²) in [5, 5.41) is 10.7. The van der Waals surface area contributed by atoms with E-state index in [0.717, 1.165) is 13.2 Å². The van der Waals surface area contributed by atoms with E-state index in [-0.39, 0.29) is 22.4 Å². The van der Waals surface area contributed by atoms with Gasteiger partial charge in [0.1, 0.15) is 0 Å². The van der Waals surface area contributed by atoms with E-state index in [1.807, 2.05) is 0 Å². The molecule has 0 aliphatic heterocycles. The minimum Gasteiger partial charge on any atom is -0.437 e. The molecule has 18 heavy (non-hydrogen) atoms. The predicted molar refractivity (Wildman–Crippen MR) is 65.2 cm³/mol. The molecule has 0 aliphatic carbocycles. The van der Waals surface area contributed by atoms with Gasteiger partial charge in [-0.3, -0.25) is 10.1 Å². The van der Waals surface area contributed by atoms with Crippen molar-refractivity contribution in [3.63, 3.8) is 0 Å². The number of methoxy groups -OCH3 is 1. The van der Waals surface area contributed by atoms with E-state index in [0.29, 0.717) is 5.56 Å². The molecule has 0 aliphatic rings. The third-order valence-corrected chi connectivity index (χ3v) is 2.52. The smallest absolute Gasteiger partial charge is 0.437 e. The maximum absolute atomic E-state index is 11.1. The fourth-order valence-electron chi connectivity index (χ4n) is 1.37. The van der Waals surface area contributed by atoms with Crippen LogP contribution in [0.15, 0.2) is 12.1 Å². The maximum atomic E-state index is 11.1. The lowest BCUT2D eigenvalue weighted by Gasteiger charge is -2.13. The van der Waals surface area contributed by atoms with Gasteiger partial charge in [0.15, 0.2) is 5.75 Å². The number of hydrogen-bond donors (Lipinski definition) is 0. The minimum atomic E-state index is -0.923. The number of ether oxygens (including phenoxy) is 2. The van der Waals surface area contributed by atoms with Crippen molar-refractivity contribution in [2.45, 2.75) is 19.8 Å². The Balaban J connectivity index is 3.31. The highest BCUT2D eigenvalue weighted by Crippen LogP contribution is 2.37. The molecule has 0 radical (unpaired) electrons. The second kappa shape index (κ2) is 5.68. The first-order valence-electron chi connectivity index (χ1n) is 5.10. The van der Waals surface area contributed by atoms with Crippen LogP contribution in [0.3, 0.4) is 0 Å². The number of nitro benzene ring substituents is 1. The lowest BCUT2D eigenvalue weighted by atomic mass is 10.0. The SMILES string of the molecule is COC(=O)Oc1c(Cl)cc([N+](=O)[O-])cc1C(C)C. The topological polar surface area (TPSA) is 78.7 Å². The standard InChI is InChI=1S/C11H12ClNO5/c1-6(2)8-4-7(13(15)16)5-9(12)10(8)18-11(14)17-3/h4-6H,1-3H3. The lowest BCUT2D eigenvalue weighted by Crippen LogP contribution is -2.10. The van der Waals surface area contributed by atoms with Crippen molar-refractivity contribution in [3.05, 3.63) is 32.8 Å². The highest BCUT2D eigenvalue weighted by Gasteiger charge is 2.21. The molecule has 0 saturated heterocycles. The molecule has 0 heterocycles. The van der Waals surface area contributed by atoms with Crippen LogP contribution in [-0.2, 0) is 4.74 Å². The molecule has 7 heteroatoms. The fourth-order valence-corrected chi connectivity index (χ4v) is 1.63. The molecule has 0 amide bonds. The van der Waals surface area contributed by atoms with Gasteiger partial charge in [0, 0.05) is 17.7 Å². The first kappa shape index (κ1) is 14.2. The number of nitrogens with zero attached hydrogens (tertiary/aromatic N) is 1. The first-order chi connectivity index (χ1) is 8.36. The van der Waals surface area contributed by atoms with Crippen molar-refractivity contribution in [3.8, 4) is 5.75 Å². The lowest BCUT2D eigenvalue weighted by molar-refractivity contribution is -0.384. The van der Waals surface area contributed by atoms with Crippen LogP contribution in [0.2, 0.25) is 5.02 Å². The molecule has 0 aromatic heterocycles. The van der Waals surface area contributed by atoms with Gasteiger partial charge in [-0.1, -0.05) is 25.4 Å². The van der Waals surface area contributed by atoms with Gasteiger partial charge in [0.25, 0.3) is 5.69 Å². The molecule has 1 aromatic rings. The summed E-state index contributed by atoms with van der Waals surface area (Å²) in [6.07, 6.45) is -0.923. The van der Waals surface area contributed by atoms with Gasteiger partial charge < -0.3 is 9.47 Å². The normalized spacial score (nSPS) is 10.3. The number of nitro groups is 1. The molecule has 0 atom stereocenters. The Bertz CT molecular complexity index is 487. The van der Waals surface area contributed by atoms with E-state index in [9.17, 15) is 14.9 Å². The predicted octanol–water partition coefficient (Wildman–Crippen LogP) is 3.52. The van der Waals surface area contributed by atoms with Gasteiger partial charge in [-0.05, 0) is 5.92 Å². The Morgan fingerprint density at radius 1 is 1.44 bits per heavy atom. The number of benzene rings is 1. The summed E-state index contributed by atoms with van der Waals surface area (Å²) in [4.78, 5) is 21.3. The molecule has 0 spiro atoms. The molecule has 98 valence electrons. The van der Waals surface area contributed by atoms with Gasteiger partial charge in [-0.15, -0.1) is 0 Å². The highest BCUT2D eigenvalue weighted by atomic mass is 35.5. The number of halogens is 1. The van der Waals surface area contributed by atoms with Crippen LogP contribution >= 0.6 is 11.6 Å². The van der Waals surface area contributed by atoms with Crippen LogP contribution in [0.1, 0.15) is 25.3 Å². The summed E-state index contributed by atoms with van der Waals surface area (Å²) in [5.74, 6) is -0.00817. The Morgan fingerprint density at radius 3 is 2.50 bits per heavy atom. The van der Waals surface area contributed by atoms with Gasteiger partial charge in [-0.2, -0.15) is 0 Å². The number of carbonyl (C=O) groups excluding carboxylic acids is 1. The van der Waals surface area contributed by atoms with Gasteiger partial charge >= 0.3 is 6.16 Å². The van der Waals surface area contributed by atoms with Gasteiger partial charge in [-0.25, -0.2) is 4.79 Å². The summed E-state index contributed by atoms with van der Waals surface area (Å²) in [6, 6.07) is 2.46. The summed E-state index contributed by atoms with van der Waals surface area (Å²) >= 11 is 5.89. The maximum Gasteiger partial charge on any atom is 0.513 e. The summed E-state index contributed by atoms with van der Waals surface area (Å²) in [7, 11) is 1.16. The Kier molecular flexibility index (Phi) is 4.49. The van der Waals surface area contributed by atoms with Crippen LogP contribution < -0.4 is 4.74 Å². The molecule has 1 rings (SSSR count). The number of carbonyl (C=O) groups is 1. The van der Waals surface area contributed by atoms with E-state index >= 15 is 0 Å². The van der Waals surface area contributed by atoms with Crippen LogP contribution in [0.5, 0.6) is 5.75 Å². The Morgan fingerprint density at radius 2 is 2.06 bits per heavy atom. The second-order valence-electron chi connectivity index (χ2n) is 3.81. The van der Waals surface area contributed by atoms with Gasteiger partial charge in [0.05, 0.1) is 17.1 Å². The molecule has 0 saturated carbocycles. The molecule has 0 fully saturated rings. The van der Waals surface area contributed by atoms with Crippen LogP contribution in [0.4, 0.5) is 10.5 Å². The largest absolute Gasteiger partial charge is 0.513 e. The third-order valence-electron chi connectivity index (χ3n) is 2.24. The zero-order chi connectivity index (χ0) is 13.9. The van der Waals surface area contributed by atoms with E-state index in [2.05, 4.69) is 4.74 Å². The zero-order valence-corrected chi connectivity index (χ0v) is 10.9. The molecular weight excluding hydrogens is 262 g/mol. The number of rotatable bonds is 3. The molecule has 0 N–H and O–H groups in total. The monoisotopic (exact) mass is 273 g/mol. The number of hydrogen-bond acceptors (Lipinski definition) is 5. The van der Waals surface area contributed by atoms with Crippen molar-refractivity contribution in [1.29, 1.82) is 0 Å². The van der Waals surface area contributed by atoms with E-state index < -0.39 is 11.1 Å². The van der Waals surface area contributed by atoms with Crippen LogP contribution in [0.25, 0.3) is 0 Å². The summed E-state index contributed by atoms with van der Waals surface area (Å²) in [6.45, 7) is 3.61. The molecule has 6 nitrogen and oxygen atoms in total. The average molecular weight is 274 g/mol. The molecular formula is C11H12ClNO5. The summed E-state index contributed by atoms with van der Waals surface area (Å²) in [5.41, 5.74) is 0.320. The Labute approximate surface area is 109 Å². The quantitative estimate of drug-likeness (QED) is 0.364. The van der Waals surface area contributed by atoms with Crippen molar-refractivity contribution in [1.82, 2.24) is 0 Å². The average Bonchev–Trinajstić information content (AvgIpc) is 2.30. The van der Waals surface area contributed by atoms with Crippen molar-refractivity contribution in [2.75, 3.05) is 7.11 Å². The zero-order valence-electron chi connectivity index (χ0n) is 10.1. The van der Waals surface area contributed by atoms with Crippen LogP contribution in [0, 0.1) is 10.1 Å². The van der Waals surface area contributed by atoms with Crippen molar-refractivity contribution >= 4 is 23.4 Å². The minimum absolute atomic E-state index is 0.00157. The summed E-state index contributed by atoms with van der Waals surface area (Å²) < 4.78 is 9.27. The highest BCUT2D eigenvalue weighted by molar-refractivity contribution is 6.32. The van der Waals surface area contributed by atoms with Crippen molar-refractivity contribution in [2.24, 2.45) is 0 Å². The molecule has 0 bridgehead atoms. The molecule has 1 aromatic carbocycles. The van der Waals surface area contributed by atoms with E-state index in [1.165, 1.54) is 6.07 Å². The second-order valence-corrected chi connectivity index (χ2v) is 4.22. The third kappa shape index (κ3) is 3.10. The first-order valence-corrected chi connectivity index (χ1v) is 5.48. The van der Waals surface area contributed by atoms with Gasteiger partial charge in [0.2, 0.25) is 0 Å². The number of non-ortho nitro benzene ring substituents is 1. The Hall–Kier alpha value is -1.82. The fraction of sp³-hybridized carbons (Fsp3) is 0.364. The van der Waals surface area contributed by atoms with E-state index in [1.54, 1.807) is 13.8 Å². The van der Waals surface area contributed by atoms with Crippen molar-refractivity contribution < 1.29 is 19.2 Å². The molecule has 0 unspecified atom stereocenters. The van der Waals surface area contributed by atoms with Crippen LogP contribution in [-0.4, -0.2) is 18.2 Å². The van der Waals surface area contributed by atoms with E-state index in [4.69, 9.17) is 16.3 Å².